The Kier molecular flexibility index (Phi) is 4.79. The normalized spacial score (nSPS) is 11.1. The van der Waals surface area contributed by atoms with Crippen molar-refractivity contribution >= 4 is 44.5 Å². The maximum atomic E-state index is 10.6. The molecular weight excluding hydrogens is 334 g/mol. The van der Waals surface area contributed by atoms with E-state index in [9.17, 15) is 4.79 Å². The summed E-state index contributed by atoms with van der Waals surface area (Å²) in [6.45, 7) is 0.875. The predicted octanol–water partition coefficient (Wildman–Crippen LogP) is 2.04. The fourth-order valence-electron chi connectivity index (χ4n) is 1.83. The van der Waals surface area contributed by atoms with E-state index in [4.69, 9.17) is 22.1 Å². The van der Waals surface area contributed by atoms with Gasteiger partial charge in [0.15, 0.2) is 0 Å². The van der Waals surface area contributed by atoms with Crippen LogP contribution in [0.25, 0.3) is 11.0 Å². The van der Waals surface area contributed by atoms with Crippen molar-refractivity contribution in [3.05, 3.63) is 28.5 Å². The Labute approximate surface area is 123 Å². The van der Waals surface area contributed by atoms with E-state index in [2.05, 4.69) is 20.9 Å². The summed E-state index contributed by atoms with van der Waals surface area (Å²) < 4.78 is 8.12. The molecule has 2 rings (SSSR count). The molecule has 0 unspecified atom stereocenters. The molecule has 0 atom stereocenters. The van der Waals surface area contributed by atoms with Crippen molar-refractivity contribution < 1.29 is 9.53 Å². The van der Waals surface area contributed by atoms with Crippen LogP contribution in [0.2, 0.25) is 0 Å². The van der Waals surface area contributed by atoms with Gasteiger partial charge in [0.1, 0.15) is 12.4 Å². The highest BCUT2D eigenvalue weighted by atomic mass is 79.9. The van der Waals surface area contributed by atoms with Crippen LogP contribution < -0.4 is 5.73 Å². The lowest BCUT2D eigenvalue weighted by molar-refractivity contribution is -0.122. The predicted molar refractivity (Wildman–Crippen MR) is 77.0 cm³/mol. The molecule has 0 fully saturated rings. The van der Waals surface area contributed by atoms with Gasteiger partial charge in [-0.1, -0.05) is 15.9 Å². The highest BCUT2D eigenvalue weighted by Gasteiger charge is 2.10. The summed E-state index contributed by atoms with van der Waals surface area (Å²) in [5, 5.41) is 0. The molecule has 1 amide bonds. The summed E-state index contributed by atoms with van der Waals surface area (Å²) in [6.07, 6.45) is 0. The maximum absolute atomic E-state index is 10.6. The molecule has 1 aromatic heterocycles. The van der Waals surface area contributed by atoms with Crippen LogP contribution in [0.15, 0.2) is 22.7 Å². The minimum Gasteiger partial charge on any atom is -0.370 e. The number of nitrogens with zero attached hydrogens (tertiary/aromatic N) is 2. The Bertz CT molecular complexity index is 600. The number of primary amides is 1. The van der Waals surface area contributed by atoms with Crippen LogP contribution >= 0.6 is 27.5 Å². The van der Waals surface area contributed by atoms with Gasteiger partial charge in [-0.25, -0.2) is 4.98 Å². The first-order chi connectivity index (χ1) is 9.11. The van der Waals surface area contributed by atoms with Crippen LogP contribution in [-0.2, 0) is 22.0 Å². The van der Waals surface area contributed by atoms with Crippen LogP contribution in [-0.4, -0.2) is 28.7 Å². The van der Waals surface area contributed by atoms with Gasteiger partial charge in [-0.15, -0.1) is 11.6 Å². The van der Waals surface area contributed by atoms with E-state index in [1.54, 1.807) is 0 Å². The zero-order valence-corrected chi connectivity index (χ0v) is 12.4. The van der Waals surface area contributed by atoms with E-state index >= 15 is 0 Å². The molecular formula is C12H13BrClN3O2. The Morgan fingerprint density at radius 3 is 3.00 bits per heavy atom. The van der Waals surface area contributed by atoms with Gasteiger partial charge in [-0.05, 0) is 18.2 Å². The zero-order chi connectivity index (χ0) is 13.8. The number of carbonyl (C=O) groups excluding carboxylic acids is 1. The number of amides is 1. The number of fused-ring (bicyclic) bond motifs is 1. The molecule has 0 saturated heterocycles. The van der Waals surface area contributed by atoms with E-state index in [1.165, 1.54) is 0 Å². The summed E-state index contributed by atoms with van der Waals surface area (Å²) in [5.74, 6) is 0.621. The molecule has 1 heterocycles. The highest BCUT2D eigenvalue weighted by Crippen LogP contribution is 2.21. The van der Waals surface area contributed by atoms with E-state index in [1.807, 2.05) is 22.8 Å². The molecule has 7 heteroatoms. The third kappa shape index (κ3) is 3.46. The lowest BCUT2D eigenvalue weighted by atomic mass is 10.3. The number of halogens is 2. The van der Waals surface area contributed by atoms with Crippen LogP contribution in [0.3, 0.4) is 0 Å². The van der Waals surface area contributed by atoms with Gasteiger partial charge in [0, 0.05) is 11.0 Å². The second-order valence-electron chi connectivity index (χ2n) is 3.97. The molecule has 0 aliphatic heterocycles. The molecule has 0 radical (unpaired) electrons. The number of hydrogen-bond acceptors (Lipinski definition) is 3. The lowest BCUT2D eigenvalue weighted by Gasteiger charge is -2.08. The van der Waals surface area contributed by atoms with Crippen LogP contribution in [0.4, 0.5) is 0 Å². The quantitative estimate of drug-likeness (QED) is 0.643. The maximum Gasteiger partial charge on any atom is 0.243 e. The fraction of sp³-hybridized carbons (Fsp3) is 0.333. The third-order valence-electron chi connectivity index (χ3n) is 2.61. The van der Waals surface area contributed by atoms with Gasteiger partial charge < -0.3 is 15.0 Å². The van der Waals surface area contributed by atoms with Crippen molar-refractivity contribution in [1.29, 1.82) is 0 Å². The molecule has 0 aliphatic carbocycles. The SMILES string of the molecule is NC(=O)COCCn1c(CCl)nc2ccc(Br)cc21. The van der Waals surface area contributed by atoms with Gasteiger partial charge in [0.25, 0.3) is 0 Å². The molecule has 0 bridgehead atoms. The summed E-state index contributed by atoms with van der Waals surface area (Å²) >= 11 is 9.33. The molecule has 0 aliphatic rings. The number of carbonyl (C=O) groups is 1. The van der Waals surface area contributed by atoms with E-state index < -0.39 is 5.91 Å². The molecule has 0 spiro atoms. The van der Waals surface area contributed by atoms with Crippen molar-refractivity contribution in [3.8, 4) is 0 Å². The topological polar surface area (TPSA) is 70.1 Å². The number of benzene rings is 1. The number of ether oxygens (including phenoxy) is 1. The summed E-state index contributed by atoms with van der Waals surface area (Å²) in [5.41, 5.74) is 6.87. The first-order valence-corrected chi connectivity index (χ1v) is 7.01. The van der Waals surface area contributed by atoms with Gasteiger partial charge in [-0.2, -0.15) is 0 Å². The summed E-state index contributed by atoms with van der Waals surface area (Å²) in [7, 11) is 0. The molecule has 102 valence electrons. The number of aromatic nitrogens is 2. The van der Waals surface area contributed by atoms with Gasteiger partial charge in [0.05, 0.1) is 23.5 Å². The van der Waals surface area contributed by atoms with Crippen molar-refractivity contribution in [1.82, 2.24) is 9.55 Å². The molecule has 19 heavy (non-hydrogen) atoms. The summed E-state index contributed by atoms with van der Waals surface area (Å²) in [6, 6.07) is 5.84. The standard InChI is InChI=1S/C12H13BrClN3O2/c13-8-1-2-9-10(5-8)17(12(6-14)16-9)3-4-19-7-11(15)18/h1-2,5H,3-4,6-7H2,(H2,15,18). The number of nitrogens with two attached hydrogens (primary N) is 1. The first-order valence-electron chi connectivity index (χ1n) is 5.68. The number of alkyl halides is 1. The lowest BCUT2D eigenvalue weighted by Crippen LogP contribution is -2.20. The largest absolute Gasteiger partial charge is 0.370 e. The Hall–Kier alpha value is -1.11. The smallest absolute Gasteiger partial charge is 0.243 e. The van der Waals surface area contributed by atoms with Crippen molar-refractivity contribution in [2.24, 2.45) is 5.73 Å². The van der Waals surface area contributed by atoms with Crippen molar-refractivity contribution in [2.45, 2.75) is 12.4 Å². The number of hydrogen-bond donors (Lipinski definition) is 1. The molecule has 2 N–H and O–H groups in total. The molecule has 2 aromatic rings. The molecule has 1 aromatic carbocycles. The van der Waals surface area contributed by atoms with Gasteiger partial charge >= 0.3 is 0 Å². The minimum absolute atomic E-state index is 0.0769. The van der Waals surface area contributed by atoms with Gasteiger partial charge in [0.2, 0.25) is 5.91 Å². The monoisotopic (exact) mass is 345 g/mol. The minimum atomic E-state index is -0.476. The Morgan fingerprint density at radius 1 is 1.53 bits per heavy atom. The van der Waals surface area contributed by atoms with Crippen LogP contribution in [0.5, 0.6) is 0 Å². The molecule has 0 saturated carbocycles. The van der Waals surface area contributed by atoms with E-state index in [0.717, 1.165) is 21.3 Å². The average Bonchev–Trinajstić information content (AvgIpc) is 2.72. The number of imidazole rings is 1. The third-order valence-corrected chi connectivity index (χ3v) is 3.34. The van der Waals surface area contributed by atoms with Crippen LogP contribution in [0.1, 0.15) is 5.82 Å². The van der Waals surface area contributed by atoms with E-state index in [-0.39, 0.29) is 6.61 Å². The number of rotatable bonds is 6. The van der Waals surface area contributed by atoms with Gasteiger partial charge in [-0.3, -0.25) is 4.79 Å². The summed E-state index contributed by atoms with van der Waals surface area (Å²) in [4.78, 5) is 15.0. The highest BCUT2D eigenvalue weighted by molar-refractivity contribution is 9.10. The Balaban J connectivity index is 2.19. The zero-order valence-electron chi connectivity index (χ0n) is 10.1. The second kappa shape index (κ2) is 6.36. The fourth-order valence-corrected chi connectivity index (χ4v) is 2.38. The Morgan fingerprint density at radius 2 is 2.32 bits per heavy atom. The second-order valence-corrected chi connectivity index (χ2v) is 5.15. The van der Waals surface area contributed by atoms with Crippen molar-refractivity contribution in [2.75, 3.05) is 13.2 Å². The average molecular weight is 347 g/mol. The molecule has 5 nitrogen and oxygen atoms in total. The van der Waals surface area contributed by atoms with Crippen molar-refractivity contribution in [3.63, 3.8) is 0 Å². The first kappa shape index (κ1) is 14.3. The van der Waals surface area contributed by atoms with E-state index in [0.29, 0.717) is 19.0 Å². The van der Waals surface area contributed by atoms with Crippen LogP contribution in [0, 0.1) is 0 Å².